The second-order valence-corrected chi connectivity index (χ2v) is 5.18. The molecule has 0 saturated heterocycles. The van der Waals surface area contributed by atoms with Gasteiger partial charge >= 0.3 is 5.97 Å². The van der Waals surface area contributed by atoms with Gasteiger partial charge < -0.3 is 10.0 Å². The van der Waals surface area contributed by atoms with E-state index in [1.807, 2.05) is 7.05 Å². The quantitative estimate of drug-likeness (QED) is 0.690. The highest BCUT2D eigenvalue weighted by molar-refractivity contribution is 5.78. The van der Waals surface area contributed by atoms with Gasteiger partial charge in [-0.3, -0.25) is 10.1 Å². The van der Waals surface area contributed by atoms with E-state index in [9.17, 15) is 9.90 Å². The van der Waals surface area contributed by atoms with E-state index < -0.39 is 11.5 Å². The highest BCUT2D eigenvalue weighted by Crippen LogP contribution is 2.25. The van der Waals surface area contributed by atoms with Gasteiger partial charge in [-0.2, -0.15) is 0 Å². The van der Waals surface area contributed by atoms with Gasteiger partial charge in [0, 0.05) is 12.1 Å². The fourth-order valence-electron chi connectivity index (χ4n) is 1.94. The fourth-order valence-corrected chi connectivity index (χ4v) is 1.94. The van der Waals surface area contributed by atoms with Gasteiger partial charge in [0.15, 0.2) is 0 Å². The summed E-state index contributed by atoms with van der Waals surface area (Å²) >= 11 is 0. The molecule has 1 saturated carbocycles. The molecule has 2 N–H and O–H groups in total. The third-order valence-electron chi connectivity index (χ3n) is 3.53. The number of carboxylic acids is 1. The molecule has 0 aromatic heterocycles. The van der Waals surface area contributed by atoms with Crippen molar-refractivity contribution in [2.75, 3.05) is 13.6 Å². The predicted octanol–water partition coefficient (Wildman–Crippen LogP) is 1.31. The monoisotopic (exact) mass is 228 g/mol. The summed E-state index contributed by atoms with van der Waals surface area (Å²) in [4.78, 5) is 13.5. The maximum Gasteiger partial charge on any atom is 0.323 e. The van der Waals surface area contributed by atoms with Crippen molar-refractivity contribution in [1.29, 1.82) is 0 Å². The molecule has 0 heterocycles. The standard InChI is InChI=1S/C12H24N2O2/c1-5-14(4)9(2)8-12(3,11(15)16)13-10-6-7-10/h9-10,13H,5-8H2,1-4H3,(H,15,16). The number of nitrogens with one attached hydrogen (secondary N) is 1. The summed E-state index contributed by atoms with van der Waals surface area (Å²) < 4.78 is 0. The Morgan fingerprint density at radius 2 is 2.19 bits per heavy atom. The topological polar surface area (TPSA) is 52.6 Å². The van der Waals surface area contributed by atoms with Crippen LogP contribution in [-0.2, 0) is 4.79 Å². The first-order valence-corrected chi connectivity index (χ1v) is 6.10. The summed E-state index contributed by atoms with van der Waals surface area (Å²) in [6, 6.07) is 0.692. The van der Waals surface area contributed by atoms with Crippen LogP contribution in [0.4, 0.5) is 0 Å². The van der Waals surface area contributed by atoms with Gasteiger partial charge in [0.25, 0.3) is 0 Å². The van der Waals surface area contributed by atoms with Crippen LogP contribution in [0.5, 0.6) is 0 Å². The molecular weight excluding hydrogens is 204 g/mol. The first-order chi connectivity index (χ1) is 7.39. The van der Waals surface area contributed by atoms with Crippen molar-refractivity contribution < 1.29 is 9.90 Å². The summed E-state index contributed by atoms with van der Waals surface area (Å²) in [5, 5.41) is 12.6. The number of carboxylic acid groups (broad SMARTS) is 1. The van der Waals surface area contributed by atoms with Crippen LogP contribution in [0.3, 0.4) is 0 Å². The maximum absolute atomic E-state index is 11.3. The second-order valence-electron chi connectivity index (χ2n) is 5.18. The van der Waals surface area contributed by atoms with Crippen LogP contribution in [0, 0.1) is 0 Å². The van der Waals surface area contributed by atoms with E-state index in [4.69, 9.17) is 0 Å². The fraction of sp³-hybridized carbons (Fsp3) is 0.917. The maximum atomic E-state index is 11.3. The lowest BCUT2D eigenvalue weighted by molar-refractivity contribution is -0.145. The van der Waals surface area contributed by atoms with E-state index >= 15 is 0 Å². The van der Waals surface area contributed by atoms with Gasteiger partial charge in [-0.05, 0) is 46.7 Å². The number of hydrogen-bond donors (Lipinski definition) is 2. The van der Waals surface area contributed by atoms with Gasteiger partial charge in [-0.1, -0.05) is 6.92 Å². The summed E-state index contributed by atoms with van der Waals surface area (Å²) in [6.45, 7) is 6.91. The van der Waals surface area contributed by atoms with Crippen molar-refractivity contribution >= 4 is 5.97 Å². The largest absolute Gasteiger partial charge is 0.480 e. The minimum atomic E-state index is -0.788. The van der Waals surface area contributed by atoms with Gasteiger partial charge in [0.05, 0.1) is 0 Å². The molecule has 0 aromatic rings. The number of rotatable bonds is 7. The summed E-state index contributed by atoms with van der Waals surface area (Å²) in [5.41, 5.74) is -0.788. The Bertz CT molecular complexity index is 253. The zero-order valence-corrected chi connectivity index (χ0v) is 10.8. The number of carbonyl (C=O) groups is 1. The lowest BCUT2D eigenvalue weighted by Crippen LogP contribution is -2.54. The molecule has 4 heteroatoms. The lowest BCUT2D eigenvalue weighted by atomic mass is 9.93. The Morgan fingerprint density at radius 1 is 1.62 bits per heavy atom. The third kappa shape index (κ3) is 3.46. The van der Waals surface area contributed by atoms with Gasteiger partial charge in [0.2, 0.25) is 0 Å². The molecule has 1 aliphatic rings. The highest BCUT2D eigenvalue weighted by Gasteiger charge is 2.39. The van der Waals surface area contributed by atoms with E-state index in [1.165, 1.54) is 0 Å². The van der Waals surface area contributed by atoms with Crippen LogP contribution in [0.25, 0.3) is 0 Å². The lowest BCUT2D eigenvalue weighted by Gasteiger charge is -2.33. The average Bonchev–Trinajstić information content (AvgIpc) is 2.99. The van der Waals surface area contributed by atoms with E-state index in [2.05, 4.69) is 24.1 Å². The SMILES string of the molecule is CCN(C)C(C)CC(C)(NC1CC1)C(=O)O. The van der Waals surface area contributed by atoms with Crippen LogP contribution < -0.4 is 5.32 Å². The molecule has 0 spiro atoms. The van der Waals surface area contributed by atoms with E-state index in [1.54, 1.807) is 6.92 Å². The molecule has 2 unspecified atom stereocenters. The van der Waals surface area contributed by atoms with Crippen LogP contribution >= 0.6 is 0 Å². The van der Waals surface area contributed by atoms with Crippen LogP contribution in [0.2, 0.25) is 0 Å². The molecule has 0 aliphatic heterocycles. The first kappa shape index (κ1) is 13.5. The number of nitrogens with zero attached hydrogens (tertiary/aromatic N) is 1. The van der Waals surface area contributed by atoms with Crippen molar-refractivity contribution in [3.8, 4) is 0 Å². The molecule has 4 nitrogen and oxygen atoms in total. The van der Waals surface area contributed by atoms with Crippen molar-refractivity contribution in [2.24, 2.45) is 0 Å². The molecule has 2 atom stereocenters. The van der Waals surface area contributed by atoms with E-state index in [-0.39, 0.29) is 6.04 Å². The van der Waals surface area contributed by atoms with Gasteiger partial charge in [-0.25, -0.2) is 0 Å². The van der Waals surface area contributed by atoms with E-state index in [0.717, 1.165) is 19.4 Å². The van der Waals surface area contributed by atoms with Crippen molar-refractivity contribution in [3.63, 3.8) is 0 Å². The molecule has 1 fully saturated rings. The minimum absolute atomic E-state index is 0.275. The molecular formula is C12H24N2O2. The Kier molecular flexibility index (Phi) is 4.33. The highest BCUT2D eigenvalue weighted by atomic mass is 16.4. The second kappa shape index (κ2) is 5.15. The molecule has 0 amide bonds. The first-order valence-electron chi connectivity index (χ1n) is 6.10. The van der Waals surface area contributed by atoms with Crippen LogP contribution in [0.1, 0.15) is 40.0 Å². The average molecular weight is 228 g/mol. The Balaban J connectivity index is 2.58. The zero-order chi connectivity index (χ0) is 12.3. The summed E-state index contributed by atoms with van der Waals surface area (Å²) in [7, 11) is 2.03. The number of hydrogen-bond acceptors (Lipinski definition) is 3. The predicted molar refractivity (Wildman–Crippen MR) is 64.6 cm³/mol. The molecule has 1 rings (SSSR count). The van der Waals surface area contributed by atoms with Crippen molar-refractivity contribution in [1.82, 2.24) is 10.2 Å². The zero-order valence-electron chi connectivity index (χ0n) is 10.8. The van der Waals surface area contributed by atoms with E-state index in [0.29, 0.717) is 12.5 Å². The summed E-state index contributed by atoms with van der Waals surface area (Å²) in [5.74, 6) is -0.740. The Morgan fingerprint density at radius 3 is 2.56 bits per heavy atom. The molecule has 0 bridgehead atoms. The van der Waals surface area contributed by atoms with Crippen molar-refractivity contribution in [2.45, 2.75) is 57.7 Å². The van der Waals surface area contributed by atoms with Crippen LogP contribution in [-0.4, -0.2) is 47.2 Å². The molecule has 94 valence electrons. The Hall–Kier alpha value is -0.610. The molecule has 0 aromatic carbocycles. The third-order valence-corrected chi connectivity index (χ3v) is 3.53. The molecule has 16 heavy (non-hydrogen) atoms. The Labute approximate surface area is 98.0 Å². The normalized spacial score (nSPS) is 21.8. The summed E-state index contributed by atoms with van der Waals surface area (Å²) in [6.07, 6.45) is 2.87. The molecule has 0 radical (unpaired) electrons. The van der Waals surface area contributed by atoms with Gasteiger partial charge in [-0.15, -0.1) is 0 Å². The molecule has 1 aliphatic carbocycles. The van der Waals surface area contributed by atoms with Gasteiger partial charge in [0.1, 0.15) is 5.54 Å². The number of aliphatic carboxylic acids is 1. The van der Waals surface area contributed by atoms with Crippen molar-refractivity contribution in [3.05, 3.63) is 0 Å². The smallest absolute Gasteiger partial charge is 0.323 e. The minimum Gasteiger partial charge on any atom is -0.480 e. The van der Waals surface area contributed by atoms with Crippen LogP contribution in [0.15, 0.2) is 0 Å².